The normalized spacial score (nSPS) is 44.0. The van der Waals surface area contributed by atoms with Crippen molar-refractivity contribution in [2.75, 3.05) is 4.90 Å². The zero-order chi connectivity index (χ0) is 22.2. The molecule has 0 N–H and O–H groups in total. The average Bonchev–Trinajstić information content (AvgIpc) is 2.72. The van der Waals surface area contributed by atoms with Crippen molar-refractivity contribution in [3.8, 4) is 0 Å². The van der Waals surface area contributed by atoms with Crippen molar-refractivity contribution in [3.05, 3.63) is 30.3 Å². The Bertz CT molecular complexity index is 827. The number of hydrogen-bond donors (Lipinski definition) is 0. The molecule has 0 unspecified atom stereocenters. The number of amides is 2. The first-order valence-corrected chi connectivity index (χ1v) is 13.3. The molecule has 1 aromatic rings. The highest BCUT2D eigenvalue weighted by Crippen LogP contribution is 2.58. The number of anilines is 1. The van der Waals surface area contributed by atoms with E-state index >= 15 is 0 Å². The Hall–Kier alpha value is -2.04. The van der Waals surface area contributed by atoms with Gasteiger partial charge in [0.15, 0.2) is 0 Å². The molecule has 176 valence electrons. The highest BCUT2D eigenvalue weighted by Gasteiger charge is 2.56. The van der Waals surface area contributed by atoms with Gasteiger partial charge in [0.2, 0.25) is 0 Å². The Balaban J connectivity index is 1.14. The van der Waals surface area contributed by atoms with Gasteiger partial charge in [0.25, 0.3) is 0 Å². The third-order valence-electron chi connectivity index (χ3n) is 9.95. The van der Waals surface area contributed by atoms with E-state index < -0.39 is 12.2 Å². The summed E-state index contributed by atoms with van der Waals surface area (Å²) in [7, 11) is 0. The SMILES string of the molecule is O=C(OC12CC3CC(CC(C3)C1)C2)N(C(=O)OC12CC3CC(CC(C3)C1)C2)c1ccccc1. The highest BCUT2D eigenvalue weighted by atomic mass is 16.6. The summed E-state index contributed by atoms with van der Waals surface area (Å²) in [6, 6.07) is 9.23. The summed E-state index contributed by atoms with van der Waals surface area (Å²) in [4.78, 5) is 28.5. The van der Waals surface area contributed by atoms with Gasteiger partial charge in [0.05, 0.1) is 5.69 Å². The molecule has 0 atom stereocenters. The van der Waals surface area contributed by atoms with Gasteiger partial charge in [-0.25, -0.2) is 9.59 Å². The quantitative estimate of drug-likeness (QED) is 0.515. The summed E-state index contributed by atoms with van der Waals surface area (Å²) in [5, 5.41) is 0. The number of ether oxygens (including phenoxy) is 2. The number of rotatable bonds is 3. The Labute approximate surface area is 196 Å². The maximum atomic E-state index is 13.7. The zero-order valence-electron chi connectivity index (χ0n) is 19.4. The molecule has 8 aliphatic carbocycles. The smallest absolute Gasteiger partial charge is 0.424 e. The molecule has 1 aromatic carbocycles. The summed E-state index contributed by atoms with van der Waals surface area (Å²) in [6.45, 7) is 0. The summed E-state index contributed by atoms with van der Waals surface area (Å²) in [5.41, 5.74) is -0.235. The molecule has 2 amide bonds. The Kier molecular flexibility index (Phi) is 4.46. The molecule has 0 aliphatic heterocycles. The van der Waals surface area contributed by atoms with E-state index in [2.05, 4.69) is 0 Å². The molecule has 0 aromatic heterocycles. The molecule has 0 heterocycles. The van der Waals surface area contributed by atoms with Gasteiger partial charge in [-0.1, -0.05) is 18.2 Å². The van der Waals surface area contributed by atoms with Gasteiger partial charge in [-0.05, 0) is 125 Å². The molecular weight excluding hydrogens is 414 g/mol. The number of carbonyl (C=O) groups excluding carboxylic acids is 2. The van der Waals surface area contributed by atoms with E-state index in [1.165, 1.54) is 43.4 Å². The van der Waals surface area contributed by atoms with Crippen molar-refractivity contribution in [1.82, 2.24) is 0 Å². The first-order chi connectivity index (χ1) is 16.0. The van der Waals surface area contributed by atoms with Crippen LogP contribution in [0.4, 0.5) is 15.3 Å². The lowest BCUT2D eigenvalue weighted by molar-refractivity contribution is -0.130. The van der Waals surface area contributed by atoms with Crippen molar-refractivity contribution in [3.63, 3.8) is 0 Å². The van der Waals surface area contributed by atoms with E-state index in [1.807, 2.05) is 30.3 Å². The van der Waals surface area contributed by atoms with Crippen LogP contribution in [-0.2, 0) is 9.47 Å². The molecule has 8 bridgehead atoms. The lowest BCUT2D eigenvalue weighted by Crippen LogP contribution is -2.56. The van der Waals surface area contributed by atoms with Crippen LogP contribution in [0, 0.1) is 35.5 Å². The van der Waals surface area contributed by atoms with Crippen molar-refractivity contribution in [2.45, 2.75) is 88.3 Å². The number of nitrogens with zero attached hydrogens (tertiary/aromatic N) is 1. The van der Waals surface area contributed by atoms with Crippen LogP contribution in [0.15, 0.2) is 30.3 Å². The first-order valence-electron chi connectivity index (χ1n) is 13.3. The Morgan fingerprint density at radius 2 is 0.939 bits per heavy atom. The van der Waals surface area contributed by atoms with Crippen LogP contribution in [0.25, 0.3) is 0 Å². The molecule has 0 radical (unpaired) electrons. The van der Waals surface area contributed by atoms with E-state index in [0.29, 0.717) is 41.2 Å². The van der Waals surface area contributed by atoms with Gasteiger partial charge in [-0.15, -0.1) is 0 Å². The van der Waals surface area contributed by atoms with Crippen molar-refractivity contribution in [1.29, 1.82) is 0 Å². The predicted octanol–water partition coefficient (Wildman–Crippen LogP) is 6.70. The molecule has 5 nitrogen and oxygen atoms in total. The molecule has 33 heavy (non-hydrogen) atoms. The predicted molar refractivity (Wildman–Crippen MR) is 124 cm³/mol. The largest absolute Gasteiger partial charge is 0.442 e. The van der Waals surface area contributed by atoms with Crippen LogP contribution < -0.4 is 4.90 Å². The zero-order valence-corrected chi connectivity index (χ0v) is 19.4. The van der Waals surface area contributed by atoms with Crippen molar-refractivity contribution < 1.29 is 19.1 Å². The third-order valence-corrected chi connectivity index (χ3v) is 9.95. The standard InChI is InChI=1S/C28H35NO4/c30-25(32-27-12-18-6-19(13-27)8-20(7-18)14-27)29(24-4-2-1-3-5-24)26(31)33-28-15-21-9-22(16-28)11-23(10-21)17-28/h1-5,18-23H,6-17H2. The molecule has 0 spiro atoms. The van der Waals surface area contributed by atoms with Crippen LogP contribution in [0.2, 0.25) is 0 Å². The second-order valence-corrected chi connectivity index (χ2v) is 12.6. The van der Waals surface area contributed by atoms with Gasteiger partial charge in [-0.3, -0.25) is 0 Å². The van der Waals surface area contributed by atoms with Crippen LogP contribution in [0.5, 0.6) is 0 Å². The molecule has 8 saturated carbocycles. The van der Waals surface area contributed by atoms with Crippen LogP contribution in [0.3, 0.4) is 0 Å². The van der Waals surface area contributed by atoms with Gasteiger partial charge in [0, 0.05) is 0 Å². The number of para-hydroxylation sites is 1. The van der Waals surface area contributed by atoms with Crippen LogP contribution in [-0.4, -0.2) is 23.4 Å². The average molecular weight is 450 g/mol. The summed E-state index contributed by atoms with van der Waals surface area (Å²) < 4.78 is 12.6. The monoisotopic (exact) mass is 449 g/mol. The summed E-state index contributed by atoms with van der Waals surface area (Å²) >= 11 is 0. The second-order valence-electron chi connectivity index (χ2n) is 12.6. The third kappa shape index (κ3) is 3.49. The fourth-order valence-electron chi connectivity index (χ4n) is 9.64. The van der Waals surface area contributed by atoms with E-state index in [9.17, 15) is 9.59 Å². The van der Waals surface area contributed by atoms with E-state index in [0.717, 1.165) is 38.5 Å². The van der Waals surface area contributed by atoms with Crippen molar-refractivity contribution >= 4 is 17.9 Å². The number of carbonyl (C=O) groups is 2. The van der Waals surface area contributed by atoms with Gasteiger partial charge in [-0.2, -0.15) is 4.90 Å². The minimum Gasteiger partial charge on any atom is -0.442 e. The fraction of sp³-hybridized carbons (Fsp3) is 0.714. The first kappa shape index (κ1) is 20.3. The molecule has 8 aliphatic rings. The lowest BCUT2D eigenvalue weighted by Gasteiger charge is -2.56. The van der Waals surface area contributed by atoms with Gasteiger partial charge in [0.1, 0.15) is 11.2 Å². The topological polar surface area (TPSA) is 55.8 Å². The Morgan fingerprint density at radius 3 is 1.27 bits per heavy atom. The maximum absolute atomic E-state index is 13.7. The van der Waals surface area contributed by atoms with Gasteiger partial charge < -0.3 is 9.47 Å². The fourth-order valence-corrected chi connectivity index (χ4v) is 9.64. The maximum Gasteiger partial charge on any atom is 0.424 e. The van der Waals surface area contributed by atoms with Crippen LogP contribution >= 0.6 is 0 Å². The van der Waals surface area contributed by atoms with Crippen molar-refractivity contribution in [2.24, 2.45) is 35.5 Å². The minimum atomic E-state index is -0.544. The summed E-state index contributed by atoms with van der Waals surface area (Å²) in [6.07, 6.45) is 12.4. The van der Waals surface area contributed by atoms with Crippen LogP contribution in [0.1, 0.15) is 77.0 Å². The summed E-state index contributed by atoms with van der Waals surface area (Å²) in [5.74, 6) is 4.05. The minimum absolute atomic E-state index is 0.389. The molecular formula is C28H35NO4. The number of benzene rings is 1. The molecule has 5 heteroatoms. The van der Waals surface area contributed by atoms with Gasteiger partial charge >= 0.3 is 12.2 Å². The molecule has 8 fully saturated rings. The lowest BCUT2D eigenvalue weighted by atomic mass is 9.54. The molecule has 9 rings (SSSR count). The van der Waals surface area contributed by atoms with E-state index in [1.54, 1.807) is 0 Å². The Morgan fingerprint density at radius 1 is 0.606 bits per heavy atom. The highest BCUT2D eigenvalue weighted by molar-refractivity contribution is 6.09. The van der Waals surface area contributed by atoms with E-state index in [-0.39, 0.29) is 11.2 Å². The second kappa shape index (κ2) is 7.23. The van der Waals surface area contributed by atoms with E-state index in [4.69, 9.17) is 9.47 Å². The number of imide groups is 1. The number of hydrogen-bond acceptors (Lipinski definition) is 4. The molecule has 0 saturated heterocycles.